The van der Waals surface area contributed by atoms with Crippen LogP contribution in [0.3, 0.4) is 0 Å². The quantitative estimate of drug-likeness (QED) is 0.661. The molecule has 1 saturated heterocycles. The number of carbonyl (C=O) groups is 1. The van der Waals surface area contributed by atoms with Crippen LogP contribution in [0, 0.1) is 0 Å². The topological polar surface area (TPSA) is 96.5 Å². The van der Waals surface area contributed by atoms with Gasteiger partial charge in [0.05, 0.1) is 12.5 Å². The van der Waals surface area contributed by atoms with Gasteiger partial charge in [0.2, 0.25) is 5.91 Å². The third-order valence-corrected chi connectivity index (χ3v) is 8.38. The second-order valence-electron chi connectivity index (χ2n) is 8.66. The molecule has 0 bridgehead atoms. The summed E-state index contributed by atoms with van der Waals surface area (Å²) in [5.41, 5.74) is 2.87. The molecule has 3 N–H and O–H groups in total. The van der Waals surface area contributed by atoms with E-state index in [4.69, 9.17) is 4.74 Å². The van der Waals surface area contributed by atoms with E-state index in [0.29, 0.717) is 11.4 Å². The van der Waals surface area contributed by atoms with E-state index in [0.717, 1.165) is 62.0 Å². The van der Waals surface area contributed by atoms with Crippen molar-refractivity contribution in [3.05, 3.63) is 47.5 Å². The Morgan fingerprint density at radius 1 is 1.13 bits per heavy atom. The van der Waals surface area contributed by atoms with Gasteiger partial charge in [-0.3, -0.25) is 9.52 Å². The van der Waals surface area contributed by atoms with Crippen LogP contribution in [0.2, 0.25) is 0 Å². The van der Waals surface area contributed by atoms with Gasteiger partial charge in [-0.25, -0.2) is 8.42 Å². The molecule has 0 aromatic heterocycles. The third kappa shape index (κ3) is 3.29. The van der Waals surface area contributed by atoms with Gasteiger partial charge in [0.15, 0.2) is 0 Å². The predicted octanol–water partition coefficient (Wildman–Crippen LogP) is 3.34. The number of nitrogens with one attached hydrogen (secondary N) is 3. The smallest absolute Gasteiger partial charge is 0.265 e. The van der Waals surface area contributed by atoms with Crippen molar-refractivity contribution in [1.82, 2.24) is 5.32 Å². The lowest BCUT2D eigenvalue weighted by Gasteiger charge is -2.36. The summed E-state index contributed by atoms with van der Waals surface area (Å²) in [4.78, 5) is 13.0. The Morgan fingerprint density at radius 3 is 2.55 bits per heavy atom. The largest absolute Gasteiger partial charge is 0.495 e. The van der Waals surface area contributed by atoms with Gasteiger partial charge in [-0.15, -0.1) is 0 Å². The third-order valence-electron chi connectivity index (χ3n) is 6.95. The van der Waals surface area contributed by atoms with Crippen LogP contribution < -0.4 is 20.1 Å². The monoisotopic (exact) mass is 441 g/mol. The van der Waals surface area contributed by atoms with E-state index in [1.807, 2.05) is 12.1 Å². The number of hydrogen-bond acceptors (Lipinski definition) is 5. The molecular formula is C23H27N3O4S. The highest BCUT2D eigenvalue weighted by atomic mass is 32.2. The first-order chi connectivity index (χ1) is 14.9. The predicted molar refractivity (Wildman–Crippen MR) is 119 cm³/mol. The van der Waals surface area contributed by atoms with Crippen molar-refractivity contribution in [2.75, 3.05) is 30.2 Å². The normalized spacial score (nSPS) is 20.1. The molecule has 8 heteroatoms. The van der Waals surface area contributed by atoms with Crippen LogP contribution in [0.1, 0.15) is 49.1 Å². The molecule has 2 aromatic rings. The number of para-hydroxylation sites is 1. The van der Waals surface area contributed by atoms with Crippen molar-refractivity contribution in [2.24, 2.45) is 0 Å². The summed E-state index contributed by atoms with van der Waals surface area (Å²) in [6.07, 6.45) is 4.53. The lowest BCUT2D eigenvalue weighted by molar-refractivity contribution is -0.123. The summed E-state index contributed by atoms with van der Waals surface area (Å²) in [7, 11) is -2.40. The van der Waals surface area contributed by atoms with Gasteiger partial charge in [-0.2, -0.15) is 0 Å². The van der Waals surface area contributed by atoms with Crippen molar-refractivity contribution in [2.45, 2.75) is 48.3 Å². The van der Waals surface area contributed by atoms with E-state index in [9.17, 15) is 13.2 Å². The fourth-order valence-corrected chi connectivity index (χ4v) is 6.34. The Bertz CT molecular complexity index is 1140. The van der Waals surface area contributed by atoms with Crippen LogP contribution in [-0.4, -0.2) is 34.5 Å². The summed E-state index contributed by atoms with van der Waals surface area (Å²) in [6.45, 7) is 1.82. The first-order valence-corrected chi connectivity index (χ1v) is 12.3. The molecule has 0 unspecified atom stereocenters. The Hall–Kier alpha value is -2.58. The zero-order valence-corrected chi connectivity index (χ0v) is 18.3. The molecule has 2 aliphatic heterocycles. The summed E-state index contributed by atoms with van der Waals surface area (Å²) in [5, 5.41) is 6.51. The number of carbonyl (C=O) groups excluding carboxylic acids is 1. The summed E-state index contributed by atoms with van der Waals surface area (Å²) in [5.74, 6) is 0.622. The summed E-state index contributed by atoms with van der Waals surface area (Å²) < 4.78 is 34.4. The molecule has 0 atom stereocenters. The number of piperidine rings is 1. The number of benzene rings is 2. The second kappa shape index (κ2) is 7.53. The van der Waals surface area contributed by atoms with Crippen molar-refractivity contribution >= 4 is 27.3 Å². The minimum Gasteiger partial charge on any atom is -0.495 e. The second-order valence-corrected chi connectivity index (χ2v) is 10.3. The molecule has 31 heavy (non-hydrogen) atoms. The minimum atomic E-state index is -3.85. The van der Waals surface area contributed by atoms with Crippen LogP contribution in [0.25, 0.3) is 0 Å². The van der Waals surface area contributed by atoms with Crippen molar-refractivity contribution in [3.8, 4) is 5.75 Å². The van der Waals surface area contributed by atoms with Gasteiger partial charge >= 0.3 is 0 Å². The number of hydrogen-bond donors (Lipinski definition) is 3. The molecule has 1 amide bonds. The Labute approximate surface area is 182 Å². The SMILES string of the molecule is COc1ccccc1S(=O)(=O)Nc1cc(C2CCNCC2)c2c(c1)C1(CCC1)C(=O)N2. The first kappa shape index (κ1) is 20.3. The molecule has 1 spiro atoms. The first-order valence-electron chi connectivity index (χ1n) is 10.8. The Morgan fingerprint density at radius 2 is 1.87 bits per heavy atom. The molecule has 1 saturated carbocycles. The van der Waals surface area contributed by atoms with Crippen molar-refractivity contribution in [1.29, 1.82) is 0 Å². The fourth-order valence-electron chi connectivity index (χ4n) is 5.13. The Balaban J connectivity index is 1.59. The molecule has 0 radical (unpaired) electrons. The van der Waals surface area contributed by atoms with Gasteiger partial charge < -0.3 is 15.4 Å². The summed E-state index contributed by atoms with van der Waals surface area (Å²) >= 11 is 0. The van der Waals surface area contributed by atoms with Crippen LogP contribution in [0.5, 0.6) is 5.75 Å². The number of rotatable bonds is 5. The number of sulfonamides is 1. The average Bonchev–Trinajstić information content (AvgIpc) is 3.05. The molecule has 1 aliphatic carbocycles. The van der Waals surface area contributed by atoms with Crippen LogP contribution in [0.4, 0.5) is 11.4 Å². The van der Waals surface area contributed by atoms with Crippen LogP contribution in [-0.2, 0) is 20.2 Å². The highest BCUT2D eigenvalue weighted by molar-refractivity contribution is 7.92. The van der Waals surface area contributed by atoms with Gasteiger partial charge in [0, 0.05) is 11.4 Å². The van der Waals surface area contributed by atoms with Gasteiger partial charge in [-0.05, 0) is 80.1 Å². The fraction of sp³-hybridized carbons (Fsp3) is 0.435. The molecule has 3 aliphatic rings. The molecule has 2 fully saturated rings. The zero-order valence-electron chi connectivity index (χ0n) is 17.5. The van der Waals surface area contributed by atoms with Crippen molar-refractivity contribution < 1.29 is 17.9 Å². The standard InChI is InChI=1S/C23H27N3O4S/c1-30-19-5-2-3-6-20(19)31(28,29)26-16-13-17(15-7-11-24-12-8-15)21-18(14-16)23(9-4-10-23)22(27)25-21/h2-3,5-6,13-15,24,26H,4,7-12H2,1H3,(H,25,27). The van der Waals surface area contributed by atoms with E-state index in [2.05, 4.69) is 15.4 Å². The van der Waals surface area contributed by atoms with E-state index < -0.39 is 15.4 Å². The number of methoxy groups -OCH3 is 1. The molecule has 164 valence electrons. The molecular weight excluding hydrogens is 414 g/mol. The number of ether oxygens (including phenoxy) is 1. The maximum atomic E-state index is 13.2. The van der Waals surface area contributed by atoms with Crippen LogP contribution in [0.15, 0.2) is 41.3 Å². The number of amides is 1. The maximum Gasteiger partial charge on any atom is 0.265 e. The maximum absolute atomic E-state index is 13.2. The van der Waals surface area contributed by atoms with E-state index >= 15 is 0 Å². The Kier molecular flexibility index (Phi) is 4.94. The number of anilines is 2. The van der Waals surface area contributed by atoms with E-state index in [1.54, 1.807) is 18.2 Å². The molecule has 2 heterocycles. The van der Waals surface area contributed by atoms with Crippen molar-refractivity contribution in [3.63, 3.8) is 0 Å². The lowest BCUT2D eigenvalue weighted by atomic mass is 9.65. The highest BCUT2D eigenvalue weighted by Crippen LogP contribution is 2.54. The number of fused-ring (bicyclic) bond motifs is 2. The lowest BCUT2D eigenvalue weighted by Crippen LogP contribution is -2.40. The minimum absolute atomic E-state index is 0.0497. The van der Waals surface area contributed by atoms with Gasteiger partial charge in [-0.1, -0.05) is 18.6 Å². The zero-order chi connectivity index (χ0) is 21.6. The average molecular weight is 442 g/mol. The molecule has 5 rings (SSSR count). The highest BCUT2D eigenvalue weighted by Gasteiger charge is 2.52. The molecule has 2 aromatic carbocycles. The van der Waals surface area contributed by atoms with E-state index in [1.165, 1.54) is 13.2 Å². The molecule has 7 nitrogen and oxygen atoms in total. The summed E-state index contributed by atoms with van der Waals surface area (Å²) in [6, 6.07) is 10.3. The van der Waals surface area contributed by atoms with Gasteiger partial charge in [0.25, 0.3) is 10.0 Å². The van der Waals surface area contributed by atoms with E-state index in [-0.39, 0.29) is 16.7 Å². The van der Waals surface area contributed by atoms with Gasteiger partial charge in [0.1, 0.15) is 10.6 Å². The van der Waals surface area contributed by atoms with Crippen LogP contribution >= 0.6 is 0 Å².